The number of hydrogen-bond acceptors (Lipinski definition) is 3. The van der Waals surface area contributed by atoms with E-state index in [1.165, 1.54) is 6.07 Å². The lowest BCUT2D eigenvalue weighted by Gasteiger charge is -2.09. The fraction of sp³-hybridized carbons (Fsp3) is 0.143. The summed E-state index contributed by atoms with van der Waals surface area (Å²) in [5.41, 5.74) is 2.37. The summed E-state index contributed by atoms with van der Waals surface area (Å²) in [5.74, 6) is 0.631. The Morgan fingerprint density at radius 1 is 1.11 bits per heavy atom. The monoisotopic (exact) mass is 243 g/mol. The van der Waals surface area contributed by atoms with Crippen LogP contribution in [0.1, 0.15) is 5.56 Å². The lowest BCUT2D eigenvalue weighted by atomic mass is 10.0. The molecule has 2 aromatic rings. The van der Waals surface area contributed by atoms with Gasteiger partial charge in [0.05, 0.1) is 17.6 Å². The molecule has 4 nitrogen and oxygen atoms in total. The maximum absolute atomic E-state index is 11.1. The summed E-state index contributed by atoms with van der Waals surface area (Å²) < 4.78 is 5.25. The van der Waals surface area contributed by atoms with Crippen LogP contribution in [-0.2, 0) is 0 Å². The van der Waals surface area contributed by atoms with Crippen molar-refractivity contribution in [2.75, 3.05) is 7.11 Å². The van der Waals surface area contributed by atoms with Crippen LogP contribution in [-0.4, -0.2) is 12.0 Å². The predicted molar refractivity (Wildman–Crippen MR) is 69.8 cm³/mol. The normalized spacial score (nSPS) is 10.1. The van der Waals surface area contributed by atoms with Crippen molar-refractivity contribution >= 4 is 5.69 Å². The maximum atomic E-state index is 11.1. The molecule has 18 heavy (non-hydrogen) atoms. The second kappa shape index (κ2) is 4.87. The Balaban J connectivity index is 2.69. The number of rotatable bonds is 3. The van der Waals surface area contributed by atoms with Crippen LogP contribution in [0, 0.1) is 17.0 Å². The molecule has 0 fully saturated rings. The molecule has 0 bridgehead atoms. The van der Waals surface area contributed by atoms with Crippen molar-refractivity contribution in [1.82, 2.24) is 0 Å². The van der Waals surface area contributed by atoms with Crippen molar-refractivity contribution in [3.63, 3.8) is 0 Å². The third-order valence-corrected chi connectivity index (χ3v) is 2.75. The van der Waals surface area contributed by atoms with E-state index in [1.54, 1.807) is 25.3 Å². The highest BCUT2D eigenvalue weighted by Gasteiger charge is 2.17. The van der Waals surface area contributed by atoms with Crippen LogP contribution in [0.3, 0.4) is 0 Å². The third kappa shape index (κ3) is 2.18. The van der Waals surface area contributed by atoms with Crippen molar-refractivity contribution in [3.8, 4) is 16.9 Å². The first-order chi connectivity index (χ1) is 8.63. The molecule has 0 N–H and O–H groups in total. The van der Waals surface area contributed by atoms with E-state index in [0.29, 0.717) is 11.3 Å². The first kappa shape index (κ1) is 12.1. The number of nitro groups is 1. The summed E-state index contributed by atoms with van der Waals surface area (Å²) in [5, 5.41) is 11.1. The lowest BCUT2D eigenvalue weighted by molar-refractivity contribution is -0.384. The second-order valence-electron chi connectivity index (χ2n) is 3.98. The lowest BCUT2D eigenvalue weighted by Crippen LogP contribution is -1.94. The van der Waals surface area contributed by atoms with Gasteiger partial charge in [-0.1, -0.05) is 29.8 Å². The molecule has 0 aliphatic rings. The van der Waals surface area contributed by atoms with Gasteiger partial charge in [0.25, 0.3) is 5.69 Å². The fourth-order valence-corrected chi connectivity index (χ4v) is 1.89. The SMILES string of the molecule is COc1ccccc1-c1cc(C)ccc1[N+](=O)[O-]. The zero-order valence-corrected chi connectivity index (χ0v) is 10.2. The Hall–Kier alpha value is -2.36. The Bertz CT molecular complexity index is 593. The smallest absolute Gasteiger partial charge is 0.277 e. The molecule has 0 unspecified atom stereocenters. The van der Waals surface area contributed by atoms with E-state index in [1.807, 2.05) is 25.1 Å². The summed E-state index contributed by atoms with van der Waals surface area (Å²) in [4.78, 5) is 10.7. The summed E-state index contributed by atoms with van der Waals surface area (Å²) in [6, 6.07) is 12.3. The first-order valence-corrected chi connectivity index (χ1v) is 5.52. The molecule has 0 spiro atoms. The Morgan fingerprint density at radius 2 is 1.83 bits per heavy atom. The van der Waals surface area contributed by atoms with Gasteiger partial charge in [-0.15, -0.1) is 0 Å². The average Bonchev–Trinajstić information content (AvgIpc) is 2.38. The van der Waals surface area contributed by atoms with Crippen LogP contribution >= 0.6 is 0 Å². The van der Waals surface area contributed by atoms with E-state index in [4.69, 9.17) is 4.74 Å². The van der Waals surface area contributed by atoms with E-state index < -0.39 is 0 Å². The highest BCUT2D eigenvalue weighted by Crippen LogP contribution is 2.36. The first-order valence-electron chi connectivity index (χ1n) is 5.52. The Kier molecular flexibility index (Phi) is 3.28. The van der Waals surface area contributed by atoms with Crippen molar-refractivity contribution in [2.45, 2.75) is 6.92 Å². The minimum atomic E-state index is -0.374. The molecule has 0 radical (unpaired) electrons. The molecule has 2 rings (SSSR count). The number of nitro benzene ring substituents is 1. The summed E-state index contributed by atoms with van der Waals surface area (Å²) in [7, 11) is 1.56. The number of ether oxygens (including phenoxy) is 1. The molecule has 0 aliphatic carbocycles. The highest BCUT2D eigenvalue weighted by atomic mass is 16.6. The van der Waals surface area contributed by atoms with Gasteiger partial charge < -0.3 is 4.74 Å². The fourth-order valence-electron chi connectivity index (χ4n) is 1.89. The summed E-state index contributed by atoms with van der Waals surface area (Å²) >= 11 is 0. The van der Waals surface area contributed by atoms with Gasteiger partial charge in [-0.05, 0) is 19.1 Å². The minimum absolute atomic E-state index is 0.0881. The number of benzene rings is 2. The molecule has 0 atom stereocenters. The molecule has 4 heteroatoms. The molecule has 0 aliphatic heterocycles. The van der Waals surface area contributed by atoms with Crippen LogP contribution in [0.15, 0.2) is 42.5 Å². The van der Waals surface area contributed by atoms with Gasteiger partial charge in [-0.25, -0.2) is 0 Å². The molecule has 92 valence electrons. The second-order valence-corrected chi connectivity index (χ2v) is 3.98. The van der Waals surface area contributed by atoms with Gasteiger partial charge in [0.1, 0.15) is 5.75 Å². The largest absolute Gasteiger partial charge is 0.496 e. The number of hydrogen-bond donors (Lipinski definition) is 0. The van der Waals surface area contributed by atoms with Crippen LogP contribution < -0.4 is 4.74 Å². The van der Waals surface area contributed by atoms with E-state index >= 15 is 0 Å². The molecule has 0 amide bonds. The number of para-hydroxylation sites is 1. The molecule has 0 saturated heterocycles. The summed E-state index contributed by atoms with van der Waals surface area (Å²) in [6.07, 6.45) is 0. The Labute approximate surface area is 105 Å². The maximum Gasteiger partial charge on any atom is 0.277 e. The van der Waals surface area contributed by atoms with Gasteiger partial charge in [-0.3, -0.25) is 10.1 Å². The van der Waals surface area contributed by atoms with Gasteiger partial charge in [0.15, 0.2) is 0 Å². The van der Waals surface area contributed by atoms with Crippen molar-refractivity contribution in [1.29, 1.82) is 0 Å². The average molecular weight is 243 g/mol. The topological polar surface area (TPSA) is 52.4 Å². The molecular weight excluding hydrogens is 230 g/mol. The van der Waals surface area contributed by atoms with Crippen LogP contribution in [0.2, 0.25) is 0 Å². The number of aryl methyl sites for hydroxylation is 1. The Morgan fingerprint density at radius 3 is 2.50 bits per heavy atom. The standard InChI is InChI=1S/C14H13NO3/c1-10-7-8-13(15(16)17)12(9-10)11-5-3-4-6-14(11)18-2/h3-9H,1-2H3. The van der Waals surface area contributed by atoms with Gasteiger partial charge in [0, 0.05) is 11.6 Å². The zero-order valence-electron chi connectivity index (χ0n) is 10.2. The number of methoxy groups -OCH3 is 1. The highest BCUT2D eigenvalue weighted by molar-refractivity contribution is 5.78. The number of nitrogens with zero attached hydrogens (tertiary/aromatic N) is 1. The summed E-state index contributed by atoms with van der Waals surface area (Å²) in [6.45, 7) is 1.91. The van der Waals surface area contributed by atoms with Gasteiger partial charge in [0.2, 0.25) is 0 Å². The van der Waals surface area contributed by atoms with Crippen LogP contribution in [0.5, 0.6) is 5.75 Å². The van der Waals surface area contributed by atoms with E-state index in [9.17, 15) is 10.1 Å². The quantitative estimate of drug-likeness (QED) is 0.611. The zero-order chi connectivity index (χ0) is 13.1. The van der Waals surface area contributed by atoms with Gasteiger partial charge >= 0.3 is 0 Å². The molecule has 0 aromatic heterocycles. The van der Waals surface area contributed by atoms with Crippen LogP contribution in [0.25, 0.3) is 11.1 Å². The third-order valence-electron chi connectivity index (χ3n) is 2.75. The molecular formula is C14H13NO3. The van der Waals surface area contributed by atoms with E-state index in [-0.39, 0.29) is 10.6 Å². The predicted octanol–water partition coefficient (Wildman–Crippen LogP) is 3.58. The van der Waals surface area contributed by atoms with E-state index in [2.05, 4.69) is 0 Å². The van der Waals surface area contributed by atoms with Crippen molar-refractivity contribution in [3.05, 3.63) is 58.1 Å². The van der Waals surface area contributed by atoms with Crippen LogP contribution in [0.4, 0.5) is 5.69 Å². The van der Waals surface area contributed by atoms with Crippen molar-refractivity contribution in [2.24, 2.45) is 0 Å². The van der Waals surface area contributed by atoms with Gasteiger partial charge in [-0.2, -0.15) is 0 Å². The molecule has 0 heterocycles. The minimum Gasteiger partial charge on any atom is -0.496 e. The molecule has 0 saturated carbocycles. The van der Waals surface area contributed by atoms with Crippen molar-refractivity contribution < 1.29 is 9.66 Å². The van der Waals surface area contributed by atoms with E-state index in [0.717, 1.165) is 11.1 Å². The molecule has 2 aromatic carbocycles.